The lowest BCUT2D eigenvalue weighted by molar-refractivity contribution is 0.216. The molecule has 0 amide bonds. The molecule has 1 fully saturated rings. The van der Waals surface area contributed by atoms with Gasteiger partial charge >= 0.3 is 0 Å². The fraction of sp³-hybridized carbons (Fsp3) is 0.636. The molecule has 1 aromatic rings. The summed E-state index contributed by atoms with van der Waals surface area (Å²) in [5.74, 6) is 0.822. The van der Waals surface area contributed by atoms with Crippen molar-refractivity contribution in [3.05, 3.63) is 24.2 Å². The van der Waals surface area contributed by atoms with Gasteiger partial charge in [-0.2, -0.15) is 0 Å². The molecular weight excluding hydrogens is 240 g/mol. The predicted molar refractivity (Wildman–Crippen MR) is 65.1 cm³/mol. The number of sulfonamides is 1. The predicted octanol–water partition coefficient (Wildman–Crippen LogP) is 0.966. The third-order valence-electron chi connectivity index (χ3n) is 2.99. The summed E-state index contributed by atoms with van der Waals surface area (Å²) in [6.07, 6.45) is 5.13. The van der Waals surface area contributed by atoms with Crippen molar-refractivity contribution in [1.82, 2.24) is 9.62 Å². The molecule has 1 atom stereocenters. The number of nitrogens with one attached hydrogen (secondary N) is 1. The average Bonchev–Trinajstić information content (AvgIpc) is 2.86. The van der Waals surface area contributed by atoms with E-state index in [1.54, 1.807) is 6.26 Å². The van der Waals surface area contributed by atoms with E-state index in [1.807, 2.05) is 12.1 Å². The lowest BCUT2D eigenvalue weighted by atomic mass is 10.2. The zero-order chi connectivity index (χ0) is 12.3. The van der Waals surface area contributed by atoms with Gasteiger partial charge in [-0.15, -0.1) is 0 Å². The highest BCUT2D eigenvalue weighted by Gasteiger charge is 2.26. The van der Waals surface area contributed by atoms with Crippen LogP contribution in [0.25, 0.3) is 0 Å². The number of hydrogen-bond donors (Lipinski definition) is 1. The molecule has 17 heavy (non-hydrogen) atoms. The Balaban J connectivity index is 2.07. The second-order valence-electron chi connectivity index (χ2n) is 4.39. The summed E-state index contributed by atoms with van der Waals surface area (Å²) in [6, 6.07) is 3.73. The highest BCUT2D eigenvalue weighted by molar-refractivity contribution is 7.88. The normalized spacial score (nSPS) is 19.6. The number of rotatable bonds is 5. The first-order chi connectivity index (χ1) is 8.06. The molecule has 1 aliphatic rings. The number of furan rings is 1. The molecule has 6 heteroatoms. The van der Waals surface area contributed by atoms with Crippen molar-refractivity contribution in [3.63, 3.8) is 0 Å². The molecule has 0 radical (unpaired) electrons. The first-order valence-electron chi connectivity index (χ1n) is 5.78. The summed E-state index contributed by atoms with van der Waals surface area (Å²) < 4.78 is 30.3. The van der Waals surface area contributed by atoms with Crippen molar-refractivity contribution in [3.8, 4) is 0 Å². The Hall–Kier alpha value is -0.850. The van der Waals surface area contributed by atoms with Crippen LogP contribution >= 0.6 is 0 Å². The fourth-order valence-electron chi connectivity index (χ4n) is 2.17. The van der Waals surface area contributed by atoms with Crippen molar-refractivity contribution in [2.75, 3.05) is 25.9 Å². The fourth-order valence-corrected chi connectivity index (χ4v) is 2.63. The monoisotopic (exact) mass is 258 g/mol. The van der Waals surface area contributed by atoms with Crippen LogP contribution in [0.15, 0.2) is 22.8 Å². The molecule has 0 bridgehead atoms. The van der Waals surface area contributed by atoms with Gasteiger partial charge in [0.25, 0.3) is 0 Å². The minimum atomic E-state index is -3.16. The van der Waals surface area contributed by atoms with Crippen LogP contribution in [0, 0.1) is 0 Å². The van der Waals surface area contributed by atoms with Crippen molar-refractivity contribution in [1.29, 1.82) is 0 Å². The van der Waals surface area contributed by atoms with Crippen LogP contribution in [0.1, 0.15) is 24.6 Å². The Morgan fingerprint density at radius 1 is 1.47 bits per heavy atom. The summed E-state index contributed by atoms with van der Waals surface area (Å²) in [7, 11) is -3.16. The maximum Gasteiger partial charge on any atom is 0.208 e. The van der Waals surface area contributed by atoms with Gasteiger partial charge in [0, 0.05) is 6.54 Å². The molecule has 2 rings (SSSR count). The van der Waals surface area contributed by atoms with Gasteiger partial charge in [-0.05, 0) is 38.1 Å². The molecule has 5 nitrogen and oxygen atoms in total. The van der Waals surface area contributed by atoms with Crippen LogP contribution in [0.2, 0.25) is 0 Å². The number of hydrogen-bond acceptors (Lipinski definition) is 4. The average molecular weight is 258 g/mol. The van der Waals surface area contributed by atoms with Crippen LogP contribution in [-0.2, 0) is 10.0 Å². The molecule has 2 heterocycles. The molecule has 0 aromatic carbocycles. The SMILES string of the molecule is CS(=O)(=O)NC[C@@H](c1ccco1)N1CCCC1. The minimum Gasteiger partial charge on any atom is -0.468 e. The van der Waals surface area contributed by atoms with Crippen molar-refractivity contribution >= 4 is 10.0 Å². The van der Waals surface area contributed by atoms with Gasteiger partial charge in [0.2, 0.25) is 10.0 Å². The lowest BCUT2D eigenvalue weighted by Gasteiger charge is -2.25. The van der Waals surface area contributed by atoms with Gasteiger partial charge in [-0.1, -0.05) is 0 Å². The second-order valence-corrected chi connectivity index (χ2v) is 6.23. The molecule has 0 saturated carbocycles. The maximum atomic E-state index is 11.2. The van der Waals surface area contributed by atoms with E-state index < -0.39 is 10.0 Å². The topological polar surface area (TPSA) is 62.6 Å². The molecular formula is C11H18N2O3S. The van der Waals surface area contributed by atoms with E-state index >= 15 is 0 Å². The van der Waals surface area contributed by atoms with E-state index in [9.17, 15) is 8.42 Å². The Kier molecular flexibility index (Phi) is 3.86. The summed E-state index contributed by atoms with van der Waals surface area (Å²) in [6.45, 7) is 2.36. The summed E-state index contributed by atoms with van der Waals surface area (Å²) in [5.41, 5.74) is 0. The van der Waals surface area contributed by atoms with E-state index in [0.717, 1.165) is 31.7 Å². The largest absolute Gasteiger partial charge is 0.468 e. The van der Waals surface area contributed by atoms with Crippen LogP contribution in [0.3, 0.4) is 0 Å². The third kappa shape index (κ3) is 3.55. The lowest BCUT2D eigenvalue weighted by Crippen LogP contribution is -2.36. The quantitative estimate of drug-likeness (QED) is 0.854. The second kappa shape index (κ2) is 5.20. The standard InChI is InChI=1S/C11H18N2O3S/c1-17(14,15)12-9-10(11-5-4-8-16-11)13-6-2-3-7-13/h4-5,8,10,12H,2-3,6-7,9H2,1H3/t10-/m0/s1. The molecule has 1 saturated heterocycles. The van der Waals surface area contributed by atoms with E-state index in [4.69, 9.17) is 4.42 Å². The van der Waals surface area contributed by atoms with Crippen LogP contribution in [-0.4, -0.2) is 39.2 Å². The number of likely N-dealkylation sites (tertiary alicyclic amines) is 1. The van der Waals surface area contributed by atoms with Gasteiger partial charge in [0.05, 0.1) is 18.6 Å². The summed E-state index contributed by atoms with van der Waals surface area (Å²) >= 11 is 0. The molecule has 1 aliphatic heterocycles. The van der Waals surface area contributed by atoms with Crippen LogP contribution in [0.5, 0.6) is 0 Å². The van der Waals surface area contributed by atoms with E-state index in [1.165, 1.54) is 6.26 Å². The highest BCUT2D eigenvalue weighted by Crippen LogP contribution is 2.24. The zero-order valence-electron chi connectivity index (χ0n) is 9.93. The van der Waals surface area contributed by atoms with Crippen molar-refractivity contribution < 1.29 is 12.8 Å². The molecule has 1 N–H and O–H groups in total. The number of nitrogens with zero attached hydrogens (tertiary/aromatic N) is 1. The Morgan fingerprint density at radius 3 is 2.71 bits per heavy atom. The first kappa shape index (κ1) is 12.6. The molecule has 1 aromatic heterocycles. The Bertz CT molecular complexity index is 435. The van der Waals surface area contributed by atoms with Gasteiger partial charge in [0.1, 0.15) is 5.76 Å². The third-order valence-corrected chi connectivity index (χ3v) is 3.68. The summed E-state index contributed by atoms with van der Waals surface area (Å²) in [5, 5.41) is 0. The van der Waals surface area contributed by atoms with Gasteiger partial charge in [-0.3, -0.25) is 4.90 Å². The van der Waals surface area contributed by atoms with Crippen LogP contribution in [0.4, 0.5) is 0 Å². The highest BCUT2D eigenvalue weighted by atomic mass is 32.2. The van der Waals surface area contributed by atoms with Crippen molar-refractivity contribution in [2.45, 2.75) is 18.9 Å². The van der Waals surface area contributed by atoms with E-state index in [-0.39, 0.29) is 6.04 Å². The van der Waals surface area contributed by atoms with E-state index in [0.29, 0.717) is 6.54 Å². The zero-order valence-corrected chi connectivity index (χ0v) is 10.7. The van der Waals surface area contributed by atoms with Gasteiger partial charge in [0.15, 0.2) is 0 Å². The molecule has 0 aliphatic carbocycles. The Morgan fingerprint density at radius 2 is 2.18 bits per heavy atom. The molecule has 0 spiro atoms. The summed E-state index contributed by atoms with van der Waals surface area (Å²) in [4.78, 5) is 2.26. The Labute approximate surface area is 102 Å². The van der Waals surface area contributed by atoms with Gasteiger partial charge < -0.3 is 4.42 Å². The minimum absolute atomic E-state index is 0.00206. The van der Waals surface area contributed by atoms with Gasteiger partial charge in [-0.25, -0.2) is 13.1 Å². The molecule has 0 unspecified atom stereocenters. The van der Waals surface area contributed by atoms with E-state index in [2.05, 4.69) is 9.62 Å². The molecule has 96 valence electrons. The smallest absolute Gasteiger partial charge is 0.208 e. The first-order valence-corrected chi connectivity index (χ1v) is 7.67. The maximum absolute atomic E-state index is 11.2. The van der Waals surface area contributed by atoms with Crippen molar-refractivity contribution in [2.24, 2.45) is 0 Å². The van der Waals surface area contributed by atoms with Crippen LogP contribution < -0.4 is 4.72 Å².